The Kier molecular flexibility index (Phi) is 4.21. The van der Waals surface area contributed by atoms with Gasteiger partial charge in [0.2, 0.25) is 0 Å². The molecule has 0 bridgehead atoms. The van der Waals surface area contributed by atoms with Gasteiger partial charge >= 0.3 is 0 Å². The molecule has 2 aliphatic carbocycles. The number of hydrogen-bond donors (Lipinski definition) is 1. The van der Waals surface area contributed by atoms with E-state index in [1.54, 1.807) is 0 Å². The molecule has 3 aliphatic rings. The molecule has 18 heavy (non-hydrogen) atoms. The van der Waals surface area contributed by atoms with E-state index in [1.165, 1.54) is 71.0 Å². The third-order valence-electron chi connectivity index (χ3n) is 5.40. The van der Waals surface area contributed by atoms with Crippen LogP contribution in [-0.4, -0.2) is 47.6 Å². The van der Waals surface area contributed by atoms with Crippen molar-refractivity contribution in [3.8, 4) is 0 Å². The molecule has 3 heteroatoms. The molecule has 0 aromatic heterocycles. The lowest BCUT2D eigenvalue weighted by Crippen LogP contribution is -2.63. The van der Waals surface area contributed by atoms with Crippen molar-refractivity contribution < 1.29 is 0 Å². The lowest BCUT2D eigenvalue weighted by Gasteiger charge is -2.48. The molecule has 2 unspecified atom stereocenters. The zero-order valence-electron chi connectivity index (χ0n) is 11.8. The predicted molar refractivity (Wildman–Crippen MR) is 80.3 cm³/mol. The Morgan fingerprint density at radius 1 is 1.11 bits per heavy atom. The molecular weight excluding hydrogens is 240 g/mol. The van der Waals surface area contributed by atoms with Gasteiger partial charge in [-0.05, 0) is 31.9 Å². The topological polar surface area (TPSA) is 15.3 Å². The van der Waals surface area contributed by atoms with Crippen molar-refractivity contribution in [1.29, 1.82) is 0 Å². The Balaban J connectivity index is 1.66. The van der Waals surface area contributed by atoms with Crippen molar-refractivity contribution in [3.05, 3.63) is 0 Å². The summed E-state index contributed by atoms with van der Waals surface area (Å²) in [6.07, 6.45) is 13.8. The first-order valence-corrected chi connectivity index (χ1v) is 9.14. The maximum absolute atomic E-state index is 3.87. The van der Waals surface area contributed by atoms with Crippen LogP contribution >= 0.6 is 11.8 Å². The van der Waals surface area contributed by atoms with Crippen molar-refractivity contribution in [1.82, 2.24) is 10.2 Å². The van der Waals surface area contributed by atoms with Crippen LogP contribution in [0.15, 0.2) is 0 Å². The zero-order chi connectivity index (χ0) is 12.4. The highest BCUT2D eigenvalue weighted by molar-refractivity contribution is 7.99. The number of nitrogens with zero attached hydrogens (tertiary/aromatic N) is 1. The summed E-state index contributed by atoms with van der Waals surface area (Å²) < 4.78 is 0. The minimum atomic E-state index is 0.488. The Bertz CT molecular complexity index is 270. The highest BCUT2D eigenvalue weighted by Crippen LogP contribution is 2.36. The molecule has 0 amide bonds. The van der Waals surface area contributed by atoms with E-state index in [4.69, 9.17) is 0 Å². The fourth-order valence-corrected chi connectivity index (χ4v) is 5.46. The van der Waals surface area contributed by atoms with Crippen LogP contribution in [0.25, 0.3) is 0 Å². The molecule has 0 aromatic rings. The SMILES string of the molecule is CSC1CCCC1N1CCNC2(CCCCC2)C1. The van der Waals surface area contributed by atoms with Gasteiger partial charge in [-0.1, -0.05) is 25.7 Å². The minimum Gasteiger partial charge on any atom is -0.309 e. The molecular formula is C15H28N2S. The minimum absolute atomic E-state index is 0.488. The fourth-order valence-electron chi connectivity index (χ4n) is 4.43. The van der Waals surface area contributed by atoms with Gasteiger partial charge in [-0.25, -0.2) is 0 Å². The van der Waals surface area contributed by atoms with Crippen LogP contribution < -0.4 is 5.32 Å². The second kappa shape index (κ2) is 5.72. The van der Waals surface area contributed by atoms with Crippen molar-refractivity contribution in [3.63, 3.8) is 0 Å². The monoisotopic (exact) mass is 268 g/mol. The van der Waals surface area contributed by atoms with Gasteiger partial charge in [-0.3, -0.25) is 4.90 Å². The van der Waals surface area contributed by atoms with Gasteiger partial charge in [-0.15, -0.1) is 0 Å². The summed E-state index contributed by atoms with van der Waals surface area (Å²) in [5.41, 5.74) is 0.488. The summed E-state index contributed by atoms with van der Waals surface area (Å²) in [5, 5.41) is 4.78. The highest BCUT2D eigenvalue weighted by Gasteiger charge is 2.40. The first kappa shape index (κ1) is 13.3. The molecule has 104 valence electrons. The van der Waals surface area contributed by atoms with Crippen LogP contribution in [0.3, 0.4) is 0 Å². The maximum Gasteiger partial charge on any atom is 0.0309 e. The number of piperazine rings is 1. The van der Waals surface area contributed by atoms with Crippen LogP contribution in [0.4, 0.5) is 0 Å². The van der Waals surface area contributed by atoms with Crippen molar-refractivity contribution in [2.45, 2.75) is 68.2 Å². The first-order chi connectivity index (χ1) is 8.83. The summed E-state index contributed by atoms with van der Waals surface area (Å²) in [6, 6.07) is 0.876. The second-order valence-corrected chi connectivity index (χ2v) is 7.59. The summed E-state index contributed by atoms with van der Waals surface area (Å²) in [4.78, 5) is 2.84. The van der Waals surface area contributed by atoms with Gasteiger partial charge in [0.25, 0.3) is 0 Å². The van der Waals surface area contributed by atoms with E-state index in [0.717, 1.165) is 11.3 Å². The van der Waals surface area contributed by atoms with Crippen LogP contribution in [-0.2, 0) is 0 Å². The Labute approximate surface area is 116 Å². The summed E-state index contributed by atoms with van der Waals surface area (Å²) in [6.45, 7) is 3.83. The highest BCUT2D eigenvalue weighted by atomic mass is 32.2. The molecule has 1 N–H and O–H groups in total. The summed E-state index contributed by atoms with van der Waals surface area (Å²) in [7, 11) is 0. The van der Waals surface area contributed by atoms with Crippen LogP contribution in [0.2, 0.25) is 0 Å². The van der Waals surface area contributed by atoms with E-state index in [9.17, 15) is 0 Å². The lowest BCUT2D eigenvalue weighted by atomic mass is 9.80. The average molecular weight is 268 g/mol. The van der Waals surface area contributed by atoms with E-state index in [1.807, 2.05) is 0 Å². The maximum atomic E-state index is 3.87. The molecule has 1 saturated heterocycles. The number of thioether (sulfide) groups is 1. The van der Waals surface area contributed by atoms with Gasteiger partial charge in [-0.2, -0.15) is 11.8 Å². The van der Waals surface area contributed by atoms with Crippen LogP contribution in [0.1, 0.15) is 51.4 Å². The standard InChI is InChI=1S/C15H28N2S/c1-18-14-7-5-6-13(14)17-11-10-16-15(12-17)8-3-2-4-9-15/h13-14,16H,2-12H2,1H3. The Morgan fingerprint density at radius 2 is 1.94 bits per heavy atom. The second-order valence-electron chi connectivity index (χ2n) is 6.51. The van der Waals surface area contributed by atoms with E-state index in [-0.39, 0.29) is 0 Å². The van der Waals surface area contributed by atoms with Crippen molar-refractivity contribution in [2.24, 2.45) is 0 Å². The smallest absolute Gasteiger partial charge is 0.0309 e. The molecule has 3 rings (SSSR count). The number of nitrogens with one attached hydrogen (secondary N) is 1. The summed E-state index contributed by atoms with van der Waals surface area (Å²) in [5.74, 6) is 0. The Morgan fingerprint density at radius 3 is 2.72 bits per heavy atom. The van der Waals surface area contributed by atoms with E-state index < -0.39 is 0 Å². The van der Waals surface area contributed by atoms with E-state index >= 15 is 0 Å². The van der Waals surface area contributed by atoms with E-state index in [2.05, 4.69) is 28.2 Å². The van der Waals surface area contributed by atoms with Gasteiger partial charge in [0.1, 0.15) is 0 Å². The third-order valence-corrected chi connectivity index (χ3v) is 6.56. The largest absolute Gasteiger partial charge is 0.309 e. The van der Waals surface area contributed by atoms with E-state index in [0.29, 0.717) is 5.54 Å². The van der Waals surface area contributed by atoms with Crippen LogP contribution in [0, 0.1) is 0 Å². The quantitative estimate of drug-likeness (QED) is 0.829. The van der Waals surface area contributed by atoms with Crippen molar-refractivity contribution >= 4 is 11.8 Å². The molecule has 1 spiro atoms. The molecule has 0 aromatic carbocycles. The number of hydrogen-bond acceptors (Lipinski definition) is 3. The average Bonchev–Trinajstić information content (AvgIpc) is 2.88. The Hall–Kier alpha value is 0.270. The third kappa shape index (κ3) is 2.59. The zero-order valence-corrected chi connectivity index (χ0v) is 12.6. The molecule has 1 heterocycles. The first-order valence-electron chi connectivity index (χ1n) is 7.85. The van der Waals surface area contributed by atoms with Gasteiger partial charge < -0.3 is 5.32 Å². The molecule has 3 fully saturated rings. The molecule has 2 nitrogen and oxygen atoms in total. The molecule has 2 saturated carbocycles. The van der Waals surface area contributed by atoms with Crippen molar-refractivity contribution in [2.75, 3.05) is 25.9 Å². The van der Waals surface area contributed by atoms with Gasteiger partial charge in [0, 0.05) is 36.5 Å². The molecule has 1 aliphatic heterocycles. The van der Waals surface area contributed by atoms with Gasteiger partial charge in [0.15, 0.2) is 0 Å². The predicted octanol–water partition coefficient (Wildman–Crippen LogP) is 2.88. The fraction of sp³-hybridized carbons (Fsp3) is 1.00. The normalized spacial score (nSPS) is 37.2. The molecule has 0 radical (unpaired) electrons. The van der Waals surface area contributed by atoms with Crippen LogP contribution in [0.5, 0.6) is 0 Å². The molecule has 2 atom stereocenters. The lowest BCUT2D eigenvalue weighted by molar-refractivity contribution is 0.0711. The van der Waals surface area contributed by atoms with Gasteiger partial charge in [0.05, 0.1) is 0 Å². The summed E-state index contributed by atoms with van der Waals surface area (Å²) >= 11 is 2.11. The number of rotatable bonds is 2.